The van der Waals surface area contributed by atoms with E-state index in [1.807, 2.05) is 45.0 Å². The summed E-state index contributed by atoms with van der Waals surface area (Å²) in [4.78, 5) is 39.4. The summed E-state index contributed by atoms with van der Waals surface area (Å²) in [6, 6.07) is 14.3. The van der Waals surface area contributed by atoms with Crippen LogP contribution in [0.2, 0.25) is 0 Å². The molecule has 0 N–H and O–H groups in total. The quantitative estimate of drug-likeness (QED) is 0.505. The zero-order chi connectivity index (χ0) is 21.6. The van der Waals surface area contributed by atoms with Crippen molar-refractivity contribution in [3.05, 3.63) is 69.8 Å². The highest BCUT2D eigenvalue weighted by molar-refractivity contribution is 9.10. The first-order valence-corrected chi connectivity index (χ1v) is 10.4. The van der Waals surface area contributed by atoms with Gasteiger partial charge in [0.05, 0.1) is 21.2 Å². The third kappa shape index (κ3) is 3.43. The molecule has 4 rings (SSSR count). The number of ether oxygens (including phenoxy) is 1. The van der Waals surface area contributed by atoms with Crippen LogP contribution in [0.5, 0.6) is 0 Å². The van der Waals surface area contributed by atoms with Gasteiger partial charge in [-0.15, -0.1) is 0 Å². The number of aromatic nitrogens is 1. The molecule has 30 heavy (non-hydrogen) atoms. The Morgan fingerprint density at radius 1 is 0.967 bits per heavy atom. The summed E-state index contributed by atoms with van der Waals surface area (Å²) in [5.74, 6) is -0.579. The number of hydrogen-bond donors (Lipinski definition) is 0. The highest BCUT2D eigenvalue weighted by atomic mass is 79.9. The Kier molecular flexibility index (Phi) is 5.02. The van der Waals surface area contributed by atoms with Crippen LogP contribution >= 0.6 is 15.9 Å². The second kappa shape index (κ2) is 7.40. The van der Waals surface area contributed by atoms with Crippen molar-refractivity contribution in [1.29, 1.82) is 0 Å². The molecule has 2 amide bonds. The van der Waals surface area contributed by atoms with E-state index < -0.39 is 11.7 Å². The number of imide groups is 1. The Morgan fingerprint density at radius 3 is 2.13 bits per heavy atom. The van der Waals surface area contributed by atoms with Crippen LogP contribution in [0.25, 0.3) is 10.9 Å². The smallest absolute Gasteiger partial charge is 0.419 e. The van der Waals surface area contributed by atoms with Gasteiger partial charge in [-0.2, -0.15) is 0 Å². The molecular formula is C23H21BrN2O4. The van der Waals surface area contributed by atoms with Crippen molar-refractivity contribution in [2.75, 3.05) is 6.54 Å². The minimum absolute atomic E-state index is 0.216. The Hall–Kier alpha value is -2.93. The second-order valence-corrected chi connectivity index (χ2v) is 8.91. The molecule has 6 nitrogen and oxygen atoms in total. The van der Waals surface area contributed by atoms with Crippen molar-refractivity contribution in [3.8, 4) is 0 Å². The molecule has 2 aromatic carbocycles. The number of carbonyl (C=O) groups is 3. The Bertz CT molecular complexity index is 1150. The summed E-state index contributed by atoms with van der Waals surface area (Å²) in [6.45, 7) is 5.66. The number of rotatable bonds is 3. The number of amides is 2. The van der Waals surface area contributed by atoms with Gasteiger partial charge in [-0.1, -0.05) is 30.3 Å². The van der Waals surface area contributed by atoms with E-state index in [0.29, 0.717) is 27.7 Å². The predicted molar refractivity (Wildman–Crippen MR) is 117 cm³/mol. The Balaban J connectivity index is 1.66. The van der Waals surface area contributed by atoms with Gasteiger partial charge in [-0.05, 0) is 66.9 Å². The molecule has 0 fully saturated rings. The Labute approximate surface area is 182 Å². The molecule has 0 unspecified atom stereocenters. The summed E-state index contributed by atoms with van der Waals surface area (Å²) >= 11 is 3.54. The lowest BCUT2D eigenvalue weighted by Gasteiger charge is -2.20. The number of nitrogens with zero attached hydrogens (tertiary/aromatic N) is 2. The molecular weight excluding hydrogens is 448 g/mol. The maximum absolute atomic E-state index is 12.8. The van der Waals surface area contributed by atoms with E-state index in [2.05, 4.69) is 15.9 Å². The van der Waals surface area contributed by atoms with Gasteiger partial charge in [0, 0.05) is 11.9 Å². The van der Waals surface area contributed by atoms with E-state index in [4.69, 9.17) is 4.74 Å². The SMILES string of the molecule is CC(C)(C)OC(=O)n1c(Br)c(CCN2C(=O)c3ccccc3C2=O)c2ccccc21. The molecule has 0 radical (unpaired) electrons. The van der Waals surface area contributed by atoms with Crippen molar-refractivity contribution >= 4 is 44.7 Å². The van der Waals surface area contributed by atoms with Crippen LogP contribution in [0.3, 0.4) is 0 Å². The first-order valence-electron chi connectivity index (χ1n) is 9.65. The van der Waals surface area contributed by atoms with Gasteiger partial charge in [-0.3, -0.25) is 14.5 Å². The predicted octanol–water partition coefficient (Wildman–Crippen LogP) is 5.03. The fourth-order valence-corrected chi connectivity index (χ4v) is 4.41. The lowest BCUT2D eigenvalue weighted by Crippen LogP contribution is -2.31. The van der Waals surface area contributed by atoms with Gasteiger partial charge in [-0.25, -0.2) is 9.36 Å². The molecule has 1 aliphatic rings. The number of hydrogen-bond acceptors (Lipinski definition) is 4. The van der Waals surface area contributed by atoms with Gasteiger partial charge >= 0.3 is 6.09 Å². The van der Waals surface area contributed by atoms with E-state index in [9.17, 15) is 14.4 Å². The fraction of sp³-hybridized carbons (Fsp3) is 0.261. The molecule has 0 bridgehead atoms. The molecule has 154 valence electrons. The molecule has 7 heteroatoms. The molecule has 0 spiro atoms. The number of benzene rings is 2. The maximum Gasteiger partial charge on any atom is 0.419 e. The summed E-state index contributed by atoms with van der Waals surface area (Å²) in [6.07, 6.45) is -0.0833. The van der Waals surface area contributed by atoms with Crippen LogP contribution in [-0.2, 0) is 11.2 Å². The number of carbonyl (C=O) groups excluding carboxylic acids is 3. The molecule has 3 aromatic rings. The van der Waals surface area contributed by atoms with E-state index in [1.54, 1.807) is 24.3 Å². The Morgan fingerprint density at radius 2 is 1.53 bits per heavy atom. The van der Waals surface area contributed by atoms with E-state index in [-0.39, 0.29) is 18.4 Å². The first-order chi connectivity index (χ1) is 14.2. The van der Waals surface area contributed by atoms with Crippen molar-refractivity contribution in [2.24, 2.45) is 0 Å². The minimum Gasteiger partial charge on any atom is -0.443 e. The van der Waals surface area contributed by atoms with E-state index in [0.717, 1.165) is 10.9 Å². The van der Waals surface area contributed by atoms with Crippen LogP contribution in [-0.4, -0.2) is 39.5 Å². The molecule has 0 atom stereocenters. The lowest BCUT2D eigenvalue weighted by atomic mass is 10.1. The van der Waals surface area contributed by atoms with Crippen LogP contribution in [0.1, 0.15) is 47.1 Å². The van der Waals surface area contributed by atoms with E-state index >= 15 is 0 Å². The van der Waals surface area contributed by atoms with Gasteiger partial charge in [0.1, 0.15) is 5.60 Å². The van der Waals surface area contributed by atoms with Gasteiger partial charge in [0.15, 0.2) is 0 Å². The van der Waals surface area contributed by atoms with E-state index in [1.165, 1.54) is 9.47 Å². The molecule has 0 saturated carbocycles. The van der Waals surface area contributed by atoms with Crippen LogP contribution in [0, 0.1) is 0 Å². The van der Waals surface area contributed by atoms with Crippen molar-refractivity contribution in [1.82, 2.24) is 9.47 Å². The monoisotopic (exact) mass is 468 g/mol. The maximum atomic E-state index is 12.8. The third-order valence-corrected chi connectivity index (χ3v) is 5.79. The van der Waals surface area contributed by atoms with Crippen molar-refractivity contribution in [3.63, 3.8) is 0 Å². The topological polar surface area (TPSA) is 68.6 Å². The molecule has 1 aromatic heterocycles. The van der Waals surface area contributed by atoms with Crippen LogP contribution in [0.4, 0.5) is 4.79 Å². The fourth-order valence-electron chi connectivity index (χ4n) is 3.67. The zero-order valence-electron chi connectivity index (χ0n) is 16.9. The molecule has 1 aliphatic heterocycles. The van der Waals surface area contributed by atoms with Gasteiger partial charge in [0.2, 0.25) is 0 Å². The molecule has 0 saturated heterocycles. The third-order valence-electron chi connectivity index (χ3n) is 4.96. The average Bonchev–Trinajstić information content (AvgIpc) is 3.10. The van der Waals surface area contributed by atoms with Crippen molar-refractivity contribution in [2.45, 2.75) is 32.8 Å². The number of para-hydroxylation sites is 1. The van der Waals surface area contributed by atoms with Crippen LogP contribution < -0.4 is 0 Å². The standard InChI is InChI=1S/C23H21BrN2O4/c1-23(2,3)30-22(29)26-18-11-7-6-8-14(18)15(19(26)24)12-13-25-20(27)16-9-4-5-10-17(16)21(25)28/h4-11H,12-13H2,1-3H3. The summed E-state index contributed by atoms with van der Waals surface area (Å²) < 4.78 is 7.60. The zero-order valence-corrected chi connectivity index (χ0v) is 18.5. The second-order valence-electron chi connectivity index (χ2n) is 8.16. The largest absolute Gasteiger partial charge is 0.443 e. The van der Waals surface area contributed by atoms with Gasteiger partial charge in [0.25, 0.3) is 11.8 Å². The van der Waals surface area contributed by atoms with Crippen LogP contribution in [0.15, 0.2) is 53.1 Å². The highest BCUT2D eigenvalue weighted by Gasteiger charge is 2.35. The average molecular weight is 469 g/mol. The summed E-state index contributed by atoms with van der Waals surface area (Å²) in [5.41, 5.74) is 1.77. The van der Waals surface area contributed by atoms with Crippen molar-refractivity contribution < 1.29 is 19.1 Å². The number of halogens is 1. The van der Waals surface area contributed by atoms with Gasteiger partial charge < -0.3 is 4.74 Å². The summed E-state index contributed by atoms with van der Waals surface area (Å²) in [7, 11) is 0. The normalized spacial score (nSPS) is 13.8. The summed E-state index contributed by atoms with van der Waals surface area (Å²) in [5, 5.41) is 0.867. The molecule has 2 heterocycles. The minimum atomic E-state index is -0.637. The molecule has 0 aliphatic carbocycles. The first kappa shape index (κ1) is 20.3. The highest BCUT2D eigenvalue weighted by Crippen LogP contribution is 2.32. The number of fused-ring (bicyclic) bond motifs is 2. The lowest BCUT2D eigenvalue weighted by molar-refractivity contribution is 0.0538.